The number of alkyl halides is 3. The predicted octanol–water partition coefficient (Wildman–Crippen LogP) is 3.38. The van der Waals surface area contributed by atoms with Crippen LogP contribution in [-0.4, -0.2) is 11.1 Å². The molecule has 1 rings (SSSR count). The van der Waals surface area contributed by atoms with Gasteiger partial charge < -0.3 is 10.8 Å². The molecule has 0 aliphatic carbocycles. The summed E-state index contributed by atoms with van der Waals surface area (Å²) in [5.41, 5.74) is 3.17. The number of nitrogens with two attached hydrogens (primary N) is 1. The van der Waals surface area contributed by atoms with Crippen molar-refractivity contribution in [2.45, 2.75) is 38.9 Å². The number of rotatable bonds is 3. The Kier molecular flexibility index (Phi) is 4.20. The van der Waals surface area contributed by atoms with Crippen LogP contribution in [0.2, 0.25) is 0 Å². The third kappa shape index (κ3) is 3.72. The van der Waals surface area contributed by atoms with E-state index < -0.39 is 23.2 Å². The lowest BCUT2D eigenvalue weighted by Gasteiger charge is -2.32. The van der Waals surface area contributed by atoms with Crippen LogP contribution in [0.3, 0.4) is 0 Å². The highest BCUT2D eigenvalue weighted by Gasteiger charge is 2.40. The van der Waals surface area contributed by atoms with Crippen LogP contribution in [0.15, 0.2) is 24.3 Å². The zero-order chi connectivity index (χ0) is 15.8. The third-order valence-corrected chi connectivity index (χ3v) is 2.92. The van der Waals surface area contributed by atoms with E-state index in [1.165, 1.54) is 0 Å². The van der Waals surface area contributed by atoms with Crippen molar-refractivity contribution < 1.29 is 23.1 Å². The summed E-state index contributed by atoms with van der Waals surface area (Å²) in [4.78, 5) is 11.4. The maximum absolute atomic E-state index is 12.5. The maximum atomic E-state index is 12.5. The molecule has 0 amide bonds. The van der Waals surface area contributed by atoms with Crippen molar-refractivity contribution in [3.8, 4) is 0 Å². The van der Waals surface area contributed by atoms with Crippen molar-refractivity contribution in [1.29, 1.82) is 0 Å². The lowest BCUT2D eigenvalue weighted by atomic mass is 9.76. The minimum absolute atomic E-state index is 0.112. The zero-order valence-corrected chi connectivity index (χ0v) is 11.6. The second kappa shape index (κ2) is 5.09. The number of aliphatic carboxylic acids is 1. The fraction of sp³-hybridized carbons (Fsp3) is 0.500. The largest absolute Gasteiger partial charge is 0.480 e. The van der Waals surface area contributed by atoms with Crippen molar-refractivity contribution in [2.75, 3.05) is 0 Å². The van der Waals surface area contributed by atoms with Crippen LogP contribution in [-0.2, 0) is 16.5 Å². The number of hydrogen-bond acceptors (Lipinski definition) is 2. The van der Waals surface area contributed by atoms with Gasteiger partial charge in [0.25, 0.3) is 0 Å². The lowest BCUT2D eigenvalue weighted by molar-refractivity contribution is -0.145. The first-order valence-corrected chi connectivity index (χ1v) is 6.06. The fourth-order valence-corrected chi connectivity index (χ4v) is 2.09. The molecule has 3 nitrogen and oxygen atoms in total. The van der Waals surface area contributed by atoms with E-state index in [4.69, 9.17) is 5.73 Å². The highest BCUT2D eigenvalue weighted by atomic mass is 19.4. The van der Waals surface area contributed by atoms with Gasteiger partial charge in [-0.1, -0.05) is 32.9 Å². The molecule has 0 aliphatic rings. The number of carboxylic acids is 1. The summed E-state index contributed by atoms with van der Waals surface area (Å²) in [6.45, 7) is 5.46. The van der Waals surface area contributed by atoms with Crippen molar-refractivity contribution in [3.63, 3.8) is 0 Å². The maximum Gasteiger partial charge on any atom is 0.416 e. The molecule has 6 heteroatoms. The molecule has 1 atom stereocenters. The average molecular weight is 289 g/mol. The average Bonchev–Trinajstić information content (AvgIpc) is 2.25. The minimum atomic E-state index is -4.46. The Hall–Kier alpha value is -1.56. The summed E-state index contributed by atoms with van der Waals surface area (Å²) < 4.78 is 37.5. The third-order valence-electron chi connectivity index (χ3n) is 2.92. The van der Waals surface area contributed by atoms with Gasteiger partial charge in [0.05, 0.1) is 5.56 Å². The second-order valence-corrected chi connectivity index (χ2v) is 6.09. The van der Waals surface area contributed by atoms with Gasteiger partial charge in [0.15, 0.2) is 0 Å². The zero-order valence-electron chi connectivity index (χ0n) is 11.6. The minimum Gasteiger partial charge on any atom is -0.480 e. The number of carboxylic acid groups (broad SMARTS) is 1. The molecule has 20 heavy (non-hydrogen) atoms. The molecule has 0 radical (unpaired) electrons. The molecule has 0 spiro atoms. The summed E-state index contributed by atoms with van der Waals surface area (Å²) in [5, 5.41) is 9.33. The molecule has 0 fully saturated rings. The van der Waals surface area contributed by atoms with E-state index in [2.05, 4.69) is 0 Å². The molecule has 1 aromatic carbocycles. The highest BCUT2D eigenvalue weighted by Crippen LogP contribution is 2.35. The van der Waals surface area contributed by atoms with Crippen molar-refractivity contribution >= 4 is 5.97 Å². The first kappa shape index (κ1) is 16.5. The van der Waals surface area contributed by atoms with Gasteiger partial charge in [-0.2, -0.15) is 13.2 Å². The number of carbonyl (C=O) groups is 1. The number of halogens is 3. The van der Waals surface area contributed by atoms with Crippen molar-refractivity contribution in [3.05, 3.63) is 35.4 Å². The van der Waals surface area contributed by atoms with Crippen LogP contribution in [0, 0.1) is 5.41 Å². The van der Waals surface area contributed by atoms with Crippen LogP contribution >= 0.6 is 0 Å². The molecule has 1 aromatic rings. The molecule has 0 bridgehead atoms. The van der Waals surface area contributed by atoms with E-state index in [9.17, 15) is 23.1 Å². The van der Waals surface area contributed by atoms with Crippen molar-refractivity contribution in [2.24, 2.45) is 11.1 Å². The first-order chi connectivity index (χ1) is 8.86. The van der Waals surface area contributed by atoms with E-state index in [0.717, 1.165) is 24.3 Å². The monoisotopic (exact) mass is 289 g/mol. The van der Waals surface area contributed by atoms with E-state index in [1.807, 2.05) is 20.8 Å². The Bertz CT molecular complexity index is 489. The Morgan fingerprint density at radius 1 is 1.10 bits per heavy atom. The van der Waals surface area contributed by atoms with Gasteiger partial charge in [-0.3, -0.25) is 0 Å². The van der Waals surface area contributed by atoms with Gasteiger partial charge in [0, 0.05) is 0 Å². The Morgan fingerprint density at radius 2 is 1.50 bits per heavy atom. The van der Waals surface area contributed by atoms with E-state index >= 15 is 0 Å². The molecule has 0 heterocycles. The van der Waals surface area contributed by atoms with Crippen LogP contribution in [0.4, 0.5) is 13.2 Å². The summed E-state index contributed by atoms with van der Waals surface area (Å²) in [5.74, 6) is -1.26. The fourth-order valence-electron chi connectivity index (χ4n) is 2.09. The second-order valence-electron chi connectivity index (χ2n) is 6.09. The Labute approximate surface area is 115 Å². The molecule has 0 unspecified atom stereocenters. The summed E-state index contributed by atoms with van der Waals surface area (Å²) in [6.07, 6.45) is -4.34. The lowest BCUT2D eigenvalue weighted by Crippen LogP contribution is -2.47. The molecular formula is C14H18F3NO2. The number of benzene rings is 1. The van der Waals surface area contributed by atoms with Gasteiger partial charge in [0.2, 0.25) is 0 Å². The van der Waals surface area contributed by atoms with Crippen LogP contribution in [0.5, 0.6) is 0 Å². The molecule has 3 N–H and O–H groups in total. The van der Waals surface area contributed by atoms with E-state index in [0.29, 0.717) is 0 Å². The van der Waals surface area contributed by atoms with E-state index in [1.54, 1.807) is 0 Å². The van der Waals surface area contributed by atoms with Crippen molar-refractivity contribution in [1.82, 2.24) is 0 Å². The molecule has 0 saturated heterocycles. The Morgan fingerprint density at radius 3 is 1.80 bits per heavy atom. The highest BCUT2D eigenvalue weighted by molar-refractivity contribution is 5.80. The topological polar surface area (TPSA) is 63.3 Å². The molecule has 0 saturated carbocycles. The number of hydrogen-bond donors (Lipinski definition) is 2. The Balaban J connectivity index is 3.20. The molecule has 0 aromatic heterocycles. The van der Waals surface area contributed by atoms with Gasteiger partial charge in [0.1, 0.15) is 5.54 Å². The smallest absolute Gasteiger partial charge is 0.416 e. The normalized spacial score (nSPS) is 15.8. The summed E-state index contributed by atoms with van der Waals surface area (Å²) in [7, 11) is 0. The molecule has 0 aliphatic heterocycles. The van der Waals surface area contributed by atoms with Gasteiger partial charge in [-0.05, 0) is 29.5 Å². The van der Waals surface area contributed by atoms with Gasteiger partial charge >= 0.3 is 12.1 Å². The predicted molar refractivity (Wildman–Crippen MR) is 69.0 cm³/mol. The first-order valence-electron chi connectivity index (χ1n) is 6.06. The summed E-state index contributed by atoms with van der Waals surface area (Å²) >= 11 is 0. The molecule has 112 valence electrons. The van der Waals surface area contributed by atoms with Gasteiger partial charge in [-0.25, -0.2) is 4.79 Å². The SMILES string of the molecule is CC(C)(C)C[C@](N)(C(=O)O)c1ccc(C(F)(F)F)cc1. The standard InChI is InChI=1S/C14H18F3NO2/c1-12(2,3)8-13(18,11(19)20)9-4-6-10(7-5-9)14(15,16)17/h4-7H,8,18H2,1-3H3,(H,19,20)/t13-/m1/s1. The summed E-state index contributed by atoms with van der Waals surface area (Å²) in [6, 6.07) is 3.95. The molecular weight excluding hydrogens is 271 g/mol. The van der Waals surface area contributed by atoms with Crippen LogP contribution < -0.4 is 5.73 Å². The van der Waals surface area contributed by atoms with Crippen LogP contribution in [0.25, 0.3) is 0 Å². The van der Waals surface area contributed by atoms with Crippen LogP contribution in [0.1, 0.15) is 38.3 Å². The van der Waals surface area contributed by atoms with E-state index in [-0.39, 0.29) is 17.4 Å². The van der Waals surface area contributed by atoms with Gasteiger partial charge in [-0.15, -0.1) is 0 Å². The quantitative estimate of drug-likeness (QED) is 0.896.